The summed E-state index contributed by atoms with van der Waals surface area (Å²) in [5.74, 6) is 0.956. The van der Waals surface area contributed by atoms with Crippen LogP contribution in [0.4, 0.5) is 11.4 Å². The molecule has 2 aromatic carbocycles. The van der Waals surface area contributed by atoms with Gasteiger partial charge in [0.2, 0.25) is 0 Å². The van der Waals surface area contributed by atoms with Crippen molar-refractivity contribution >= 4 is 11.4 Å². The summed E-state index contributed by atoms with van der Waals surface area (Å²) in [6, 6.07) is 18.5. The minimum absolute atomic E-state index is 0.556. The number of rotatable bonds is 6. The molecule has 0 radical (unpaired) electrons. The Hall–Kier alpha value is -1.80. The van der Waals surface area contributed by atoms with Gasteiger partial charge < -0.3 is 10.2 Å². The summed E-state index contributed by atoms with van der Waals surface area (Å²) in [5, 5.41) is 3.77. The van der Waals surface area contributed by atoms with Crippen molar-refractivity contribution in [3.8, 4) is 0 Å². The van der Waals surface area contributed by atoms with Crippen LogP contribution in [0.1, 0.15) is 49.8 Å². The molecule has 1 fully saturated rings. The molecule has 2 nitrogen and oxygen atoms in total. The lowest BCUT2D eigenvalue weighted by molar-refractivity contribution is 0.453. The van der Waals surface area contributed by atoms with Crippen LogP contribution >= 0.6 is 0 Å². The predicted octanol–water partition coefficient (Wildman–Crippen LogP) is 5.22. The Balaban J connectivity index is 1.66. The smallest absolute Gasteiger partial charge is 0.0414 e. The molecule has 0 saturated heterocycles. The molecule has 1 heterocycles. The summed E-state index contributed by atoms with van der Waals surface area (Å²) in [7, 11) is 0. The zero-order valence-electron chi connectivity index (χ0n) is 14.7. The Kier molecular flexibility index (Phi) is 4.57. The van der Waals surface area contributed by atoms with Gasteiger partial charge in [-0.3, -0.25) is 0 Å². The third-order valence-electron chi connectivity index (χ3n) is 5.38. The fourth-order valence-electron chi connectivity index (χ4n) is 3.93. The molecular weight excluding hydrogens is 292 g/mol. The van der Waals surface area contributed by atoms with E-state index in [2.05, 4.69) is 65.7 Å². The van der Waals surface area contributed by atoms with Gasteiger partial charge in [-0.1, -0.05) is 44.0 Å². The maximum absolute atomic E-state index is 3.77. The molecule has 2 heteroatoms. The van der Waals surface area contributed by atoms with Gasteiger partial charge in [-0.05, 0) is 67.1 Å². The molecule has 1 N–H and O–H groups in total. The molecule has 0 bridgehead atoms. The highest BCUT2D eigenvalue weighted by Gasteiger charge is 2.29. The molecule has 126 valence electrons. The van der Waals surface area contributed by atoms with E-state index in [0.29, 0.717) is 6.04 Å². The number of hydrogen-bond donors (Lipinski definition) is 1. The lowest BCUT2D eigenvalue weighted by Crippen LogP contribution is -2.30. The van der Waals surface area contributed by atoms with Crippen molar-refractivity contribution in [3.63, 3.8) is 0 Å². The Morgan fingerprint density at radius 2 is 1.88 bits per heavy atom. The number of nitrogens with zero attached hydrogens (tertiary/aromatic N) is 1. The predicted molar refractivity (Wildman–Crippen MR) is 102 cm³/mol. The second-order valence-corrected chi connectivity index (χ2v) is 7.31. The van der Waals surface area contributed by atoms with E-state index < -0.39 is 0 Å². The van der Waals surface area contributed by atoms with Crippen LogP contribution in [-0.4, -0.2) is 13.1 Å². The molecule has 0 amide bonds. The van der Waals surface area contributed by atoms with Crippen LogP contribution in [0.3, 0.4) is 0 Å². The van der Waals surface area contributed by atoms with Crippen molar-refractivity contribution in [3.05, 3.63) is 59.7 Å². The largest absolute Gasteiger partial charge is 0.341 e. The Morgan fingerprint density at radius 3 is 2.62 bits per heavy atom. The van der Waals surface area contributed by atoms with E-state index in [1.165, 1.54) is 30.6 Å². The summed E-state index contributed by atoms with van der Waals surface area (Å²) in [6.45, 7) is 4.44. The van der Waals surface area contributed by atoms with Crippen LogP contribution in [0, 0.1) is 5.92 Å². The average molecular weight is 320 g/mol. The van der Waals surface area contributed by atoms with E-state index in [1.807, 2.05) is 0 Å². The maximum Gasteiger partial charge on any atom is 0.0414 e. The van der Waals surface area contributed by atoms with E-state index in [0.717, 1.165) is 31.8 Å². The molecule has 1 aliphatic heterocycles. The van der Waals surface area contributed by atoms with Crippen molar-refractivity contribution in [2.24, 2.45) is 5.92 Å². The van der Waals surface area contributed by atoms with E-state index in [4.69, 9.17) is 0 Å². The molecule has 1 aliphatic carbocycles. The first-order chi connectivity index (χ1) is 11.8. The molecule has 1 saturated carbocycles. The van der Waals surface area contributed by atoms with Gasteiger partial charge in [0.25, 0.3) is 0 Å². The third kappa shape index (κ3) is 3.34. The van der Waals surface area contributed by atoms with Crippen LogP contribution in [-0.2, 0) is 6.42 Å². The van der Waals surface area contributed by atoms with Crippen LogP contribution in [0.25, 0.3) is 0 Å². The Labute approximate surface area is 145 Å². The van der Waals surface area contributed by atoms with Gasteiger partial charge in [0, 0.05) is 24.0 Å². The quantitative estimate of drug-likeness (QED) is 0.785. The summed E-state index contributed by atoms with van der Waals surface area (Å²) < 4.78 is 0. The van der Waals surface area contributed by atoms with Crippen LogP contribution in [0.5, 0.6) is 0 Å². The Morgan fingerprint density at radius 1 is 1.04 bits per heavy atom. The monoisotopic (exact) mass is 320 g/mol. The highest BCUT2D eigenvalue weighted by Crippen LogP contribution is 2.40. The molecule has 1 unspecified atom stereocenters. The molecular formula is C22H28N2. The van der Waals surface area contributed by atoms with Crippen molar-refractivity contribution in [1.29, 1.82) is 0 Å². The first-order valence-electron chi connectivity index (χ1n) is 9.54. The third-order valence-corrected chi connectivity index (χ3v) is 5.38. The summed E-state index contributed by atoms with van der Waals surface area (Å²) in [6.07, 6.45) is 6.49. The second-order valence-electron chi connectivity index (χ2n) is 7.31. The summed E-state index contributed by atoms with van der Waals surface area (Å²) in [5.41, 5.74) is 5.73. The van der Waals surface area contributed by atoms with Gasteiger partial charge in [-0.25, -0.2) is 0 Å². The van der Waals surface area contributed by atoms with Crippen molar-refractivity contribution in [1.82, 2.24) is 5.32 Å². The topological polar surface area (TPSA) is 15.3 Å². The van der Waals surface area contributed by atoms with Crippen molar-refractivity contribution in [2.75, 3.05) is 18.0 Å². The lowest BCUT2D eigenvalue weighted by Gasteiger charge is -2.30. The first kappa shape index (κ1) is 15.7. The Bertz CT molecular complexity index is 676. The molecule has 2 aliphatic rings. The fraction of sp³-hybridized carbons (Fsp3) is 0.455. The normalized spacial score (nSPS) is 19.8. The van der Waals surface area contributed by atoms with E-state index >= 15 is 0 Å². The summed E-state index contributed by atoms with van der Waals surface area (Å²) >= 11 is 0. The summed E-state index contributed by atoms with van der Waals surface area (Å²) in [4.78, 5) is 2.46. The van der Waals surface area contributed by atoms with Crippen molar-refractivity contribution < 1.29 is 0 Å². The molecule has 2 aromatic rings. The highest BCUT2D eigenvalue weighted by molar-refractivity contribution is 5.65. The molecule has 0 aromatic heterocycles. The zero-order valence-corrected chi connectivity index (χ0v) is 14.7. The minimum Gasteiger partial charge on any atom is -0.341 e. The van der Waals surface area contributed by atoms with E-state index in [1.54, 1.807) is 11.1 Å². The molecule has 0 spiro atoms. The molecule has 24 heavy (non-hydrogen) atoms. The number of hydrogen-bond acceptors (Lipinski definition) is 2. The van der Waals surface area contributed by atoms with Crippen LogP contribution in [0.15, 0.2) is 48.5 Å². The first-order valence-corrected chi connectivity index (χ1v) is 9.54. The average Bonchev–Trinajstić information content (AvgIpc) is 3.44. The van der Waals surface area contributed by atoms with Crippen LogP contribution < -0.4 is 10.2 Å². The van der Waals surface area contributed by atoms with Crippen LogP contribution in [0.2, 0.25) is 0 Å². The van der Waals surface area contributed by atoms with Gasteiger partial charge in [-0.15, -0.1) is 0 Å². The minimum atomic E-state index is 0.556. The SMILES string of the molecule is CCCN(c1ccccc1)c1ccc2c(c1)C(CC1CC1)NCC2. The van der Waals surface area contributed by atoms with Crippen molar-refractivity contribution in [2.45, 2.75) is 45.1 Å². The standard InChI is InChI=1S/C22H28N2/c1-2-14-24(19-6-4-3-5-7-19)20-11-10-18-12-13-23-22(21(18)16-20)15-17-8-9-17/h3-7,10-11,16-17,22-23H,2,8-9,12-15H2,1H3. The van der Waals surface area contributed by atoms with E-state index in [9.17, 15) is 0 Å². The number of fused-ring (bicyclic) bond motifs is 1. The molecule has 4 rings (SSSR count). The highest BCUT2D eigenvalue weighted by atomic mass is 15.1. The second kappa shape index (κ2) is 6.98. The van der Waals surface area contributed by atoms with Gasteiger partial charge in [0.15, 0.2) is 0 Å². The zero-order chi connectivity index (χ0) is 16.4. The number of nitrogens with one attached hydrogen (secondary N) is 1. The lowest BCUT2D eigenvalue weighted by atomic mass is 9.90. The number of para-hydroxylation sites is 1. The number of anilines is 2. The van der Waals surface area contributed by atoms with Gasteiger partial charge in [0.1, 0.15) is 0 Å². The molecule has 1 atom stereocenters. The van der Waals surface area contributed by atoms with Gasteiger partial charge in [0.05, 0.1) is 0 Å². The maximum atomic E-state index is 3.77. The van der Waals surface area contributed by atoms with Gasteiger partial charge in [-0.2, -0.15) is 0 Å². The van der Waals surface area contributed by atoms with E-state index in [-0.39, 0.29) is 0 Å². The van der Waals surface area contributed by atoms with Gasteiger partial charge >= 0.3 is 0 Å². The fourth-order valence-corrected chi connectivity index (χ4v) is 3.93. The number of benzene rings is 2.